The number of para-hydroxylation sites is 1. The number of nitrogens with one attached hydrogen (secondary N) is 1. The van der Waals surface area contributed by atoms with E-state index in [4.69, 9.17) is 9.47 Å². The van der Waals surface area contributed by atoms with Crippen LogP contribution in [0.5, 0.6) is 0 Å². The summed E-state index contributed by atoms with van der Waals surface area (Å²) in [4.78, 5) is 8.65. The van der Waals surface area contributed by atoms with Crippen molar-refractivity contribution in [1.29, 1.82) is 0 Å². The van der Waals surface area contributed by atoms with Crippen LogP contribution in [-0.2, 0) is 9.47 Å². The van der Waals surface area contributed by atoms with Crippen molar-refractivity contribution in [1.82, 2.24) is 10.2 Å². The second-order valence-electron chi connectivity index (χ2n) is 7.10. The zero-order valence-electron chi connectivity index (χ0n) is 17.9. The van der Waals surface area contributed by atoms with E-state index in [1.807, 2.05) is 31.1 Å². The first kappa shape index (κ1) is 25.9. The zero-order chi connectivity index (χ0) is 20.2. The van der Waals surface area contributed by atoms with Crippen molar-refractivity contribution < 1.29 is 13.9 Å². The van der Waals surface area contributed by atoms with Crippen molar-refractivity contribution in [3.8, 4) is 0 Å². The van der Waals surface area contributed by atoms with Gasteiger partial charge in [-0.1, -0.05) is 12.1 Å². The number of piperidine rings is 1. The number of guanidine groups is 1. The van der Waals surface area contributed by atoms with Gasteiger partial charge in [-0.15, -0.1) is 24.0 Å². The number of nitrogens with zero attached hydrogens (tertiary/aromatic N) is 3. The Labute approximate surface area is 191 Å². The van der Waals surface area contributed by atoms with Crippen LogP contribution in [0.2, 0.25) is 0 Å². The average Bonchev–Trinajstić information content (AvgIpc) is 2.72. The maximum atomic E-state index is 13.8. The second kappa shape index (κ2) is 14.8. The van der Waals surface area contributed by atoms with Gasteiger partial charge in [-0.25, -0.2) is 4.39 Å². The van der Waals surface area contributed by atoms with Gasteiger partial charge in [0.15, 0.2) is 5.96 Å². The number of halogens is 2. The molecule has 0 aliphatic carbocycles. The number of hydrogen-bond acceptors (Lipinski definition) is 4. The molecule has 0 bridgehead atoms. The summed E-state index contributed by atoms with van der Waals surface area (Å²) >= 11 is 0. The van der Waals surface area contributed by atoms with Gasteiger partial charge in [0.2, 0.25) is 0 Å². The second-order valence-corrected chi connectivity index (χ2v) is 7.10. The standard InChI is InChI=1S/C21H35FN4O2.HI/c1-23-21(26-14-10-18(11-15-26)28-17-7-16-27-3)24-12-6-13-25(2)20-9-5-4-8-19(20)22;/h4-5,8-9,18H,6-7,10-17H2,1-3H3,(H,23,24);1H. The van der Waals surface area contributed by atoms with E-state index < -0.39 is 0 Å². The van der Waals surface area contributed by atoms with Crippen molar-refractivity contribution in [3.63, 3.8) is 0 Å². The topological polar surface area (TPSA) is 49.3 Å². The van der Waals surface area contributed by atoms with Crippen LogP contribution in [0, 0.1) is 5.82 Å². The van der Waals surface area contributed by atoms with Gasteiger partial charge in [0, 0.05) is 60.6 Å². The minimum absolute atomic E-state index is 0. The van der Waals surface area contributed by atoms with E-state index in [9.17, 15) is 4.39 Å². The molecule has 0 unspecified atom stereocenters. The van der Waals surface area contributed by atoms with E-state index in [2.05, 4.69) is 15.2 Å². The molecule has 8 heteroatoms. The fourth-order valence-electron chi connectivity index (χ4n) is 3.42. The molecule has 1 aromatic rings. The summed E-state index contributed by atoms with van der Waals surface area (Å²) < 4.78 is 24.8. The largest absolute Gasteiger partial charge is 0.385 e. The molecule has 2 rings (SSSR count). The van der Waals surface area contributed by atoms with Gasteiger partial charge in [-0.3, -0.25) is 4.99 Å². The number of rotatable bonds is 10. The first-order chi connectivity index (χ1) is 13.7. The highest BCUT2D eigenvalue weighted by Gasteiger charge is 2.21. The van der Waals surface area contributed by atoms with E-state index >= 15 is 0 Å². The quantitative estimate of drug-likeness (QED) is 0.221. The molecule has 1 fully saturated rings. The number of methoxy groups -OCH3 is 1. The molecule has 0 amide bonds. The summed E-state index contributed by atoms with van der Waals surface area (Å²) in [6.45, 7) is 5.00. The Balaban J connectivity index is 0.00000420. The lowest BCUT2D eigenvalue weighted by Gasteiger charge is -2.34. The van der Waals surface area contributed by atoms with Crippen molar-refractivity contribution >= 4 is 35.6 Å². The molecule has 0 saturated carbocycles. The van der Waals surface area contributed by atoms with Crippen LogP contribution in [0.25, 0.3) is 0 Å². The predicted molar refractivity (Wildman–Crippen MR) is 128 cm³/mol. The van der Waals surface area contributed by atoms with Crippen LogP contribution in [0.1, 0.15) is 25.7 Å². The molecular weight excluding hydrogens is 486 g/mol. The Hall–Kier alpha value is -1.13. The third-order valence-corrected chi connectivity index (χ3v) is 5.02. The summed E-state index contributed by atoms with van der Waals surface area (Å²) in [5.74, 6) is 0.757. The highest BCUT2D eigenvalue weighted by atomic mass is 127. The molecular formula is C21H36FIN4O2. The predicted octanol–water partition coefficient (Wildman–Crippen LogP) is 3.36. The Morgan fingerprint density at radius 1 is 1.24 bits per heavy atom. The van der Waals surface area contributed by atoms with Gasteiger partial charge in [0.25, 0.3) is 0 Å². The van der Waals surface area contributed by atoms with Crippen LogP contribution < -0.4 is 10.2 Å². The lowest BCUT2D eigenvalue weighted by Crippen LogP contribution is -2.47. The molecule has 1 aromatic carbocycles. The molecule has 29 heavy (non-hydrogen) atoms. The van der Waals surface area contributed by atoms with Crippen LogP contribution in [-0.4, -0.2) is 77.6 Å². The maximum Gasteiger partial charge on any atom is 0.193 e. The summed E-state index contributed by atoms with van der Waals surface area (Å²) in [5.41, 5.74) is 0.638. The summed E-state index contributed by atoms with van der Waals surface area (Å²) in [6, 6.07) is 6.88. The van der Waals surface area contributed by atoms with Crippen LogP contribution in [0.15, 0.2) is 29.3 Å². The third kappa shape index (κ3) is 9.04. The van der Waals surface area contributed by atoms with E-state index in [-0.39, 0.29) is 29.8 Å². The van der Waals surface area contributed by atoms with E-state index in [1.165, 1.54) is 6.07 Å². The summed E-state index contributed by atoms with van der Waals surface area (Å²) in [5, 5.41) is 3.43. The number of aliphatic imine (C=N–C) groups is 1. The fourth-order valence-corrected chi connectivity index (χ4v) is 3.42. The Morgan fingerprint density at radius 3 is 2.62 bits per heavy atom. The molecule has 1 aliphatic rings. The van der Waals surface area contributed by atoms with E-state index in [0.717, 1.165) is 71.0 Å². The van der Waals surface area contributed by atoms with Crippen molar-refractivity contribution in [2.45, 2.75) is 31.8 Å². The number of hydrogen-bond donors (Lipinski definition) is 1. The Morgan fingerprint density at radius 2 is 1.97 bits per heavy atom. The molecule has 0 aromatic heterocycles. The SMILES string of the molecule is CN=C(NCCCN(C)c1ccccc1F)N1CCC(OCCCOC)CC1.I. The molecule has 166 valence electrons. The minimum atomic E-state index is -0.180. The molecule has 1 saturated heterocycles. The Kier molecular flexibility index (Phi) is 13.2. The monoisotopic (exact) mass is 522 g/mol. The third-order valence-electron chi connectivity index (χ3n) is 5.02. The summed E-state index contributed by atoms with van der Waals surface area (Å²) in [7, 11) is 5.46. The van der Waals surface area contributed by atoms with E-state index in [0.29, 0.717) is 11.8 Å². The molecule has 1 N–H and O–H groups in total. The summed E-state index contributed by atoms with van der Waals surface area (Å²) in [6.07, 6.45) is 4.22. The molecule has 1 aliphatic heterocycles. The van der Waals surface area contributed by atoms with E-state index in [1.54, 1.807) is 13.2 Å². The maximum absolute atomic E-state index is 13.8. The molecule has 6 nitrogen and oxygen atoms in total. The van der Waals surface area contributed by atoms with Crippen LogP contribution >= 0.6 is 24.0 Å². The van der Waals surface area contributed by atoms with Crippen molar-refractivity contribution in [2.24, 2.45) is 4.99 Å². The highest BCUT2D eigenvalue weighted by molar-refractivity contribution is 14.0. The minimum Gasteiger partial charge on any atom is -0.385 e. The smallest absolute Gasteiger partial charge is 0.193 e. The van der Waals surface area contributed by atoms with Gasteiger partial charge >= 0.3 is 0 Å². The normalized spacial score (nSPS) is 15.2. The van der Waals surface area contributed by atoms with Crippen molar-refractivity contribution in [2.75, 3.05) is 65.5 Å². The van der Waals surface area contributed by atoms with Crippen LogP contribution in [0.4, 0.5) is 10.1 Å². The Bertz CT molecular complexity index is 598. The van der Waals surface area contributed by atoms with Gasteiger partial charge < -0.3 is 24.6 Å². The van der Waals surface area contributed by atoms with Gasteiger partial charge in [0.05, 0.1) is 11.8 Å². The fraction of sp³-hybridized carbons (Fsp3) is 0.667. The zero-order valence-corrected chi connectivity index (χ0v) is 20.2. The lowest BCUT2D eigenvalue weighted by molar-refractivity contribution is 0.00991. The van der Waals surface area contributed by atoms with Crippen LogP contribution in [0.3, 0.4) is 0 Å². The number of likely N-dealkylation sites (tertiary alicyclic amines) is 1. The average molecular weight is 522 g/mol. The van der Waals surface area contributed by atoms with Gasteiger partial charge in [0.1, 0.15) is 5.82 Å². The van der Waals surface area contributed by atoms with Gasteiger partial charge in [-0.05, 0) is 37.8 Å². The number of benzene rings is 1. The highest BCUT2D eigenvalue weighted by Crippen LogP contribution is 2.17. The van der Waals surface area contributed by atoms with Crippen molar-refractivity contribution in [3.05, 3.63) is 30.1 Å². The molecule has 0 atom stereocenters. The lowest BCUT2D eigenvalue weighted by atomic mass is 10.1. The molecule has 0 spiro atoms. The molecule has 1 heterocycles. The van der Waals surface area contributed by atoms with Gasteiger partial charge in [-0.2, -0.15) is 0 Å². The number of anilines is 1. The molecule has 0 radical (unpaired) electrons. The number of ether oxygens (including phenoxy) is 2. The first-order valence-corrected chi connectivity index (χ1v) is 10.2. The first-order valence-electron chi connectivity index (χ1n) is 10.2.